The highest BCUT2D eigenvalue weighted by atomic mass is 35.5. The molecule has 2 aliphatic heterocycles. The van der Waals surface area contributed by atoms with Gasteiger partial charge in [-0.15, -0.1) is 0 Å². The molecule has 3 fully saturated rings. The molecule has 40 heavy (non-hydrogen) atoms. The zero-order chi connectivity index (χ0) is 27.4. The van der Waals surface area contributed by atoms with Crippen molar-refractivity contribution >= 4 is 28.6 Å². The van der Waals surface area contributed by atoms with Crippen molar-refractivity contribution in [2.24, 2.45) is 11.8 Å². The van der Waals surface area contributed by atoms with E-state index < -0.39 is 11.8 Å². The first-order valence-corrected chi connectivity index (χ1v) is 13.9. The topological polar surface area (TPSA) is 89.7 Å². The molecule has 8 nitrogen and oxygen atoms in total. The maximum absolute atomic E-state index is 14.1. The Morgan fingerprint density at radius 3 is 2.67 bits per heavy atom. The molecule has 4 atom stereocenters. The van der Waals surface area contributed by atoms with Gasteiger partial charge in [0.1, 0.15) is 18.2 Å². The molecule has 1 N–H and O–H groups in total. The smallest absolute Gasteiger partial charge is 0.335 e. The molecular formula is C30H28ClFN4O4. The highest BCUT2D eigenvalue weighted by molar-refractivity contribution is 6.30. The summed E-state index contributed by atoms with van der Waals surface area (Å²) >= 11 is 5.84. The van der Waals surface area contributed by atoms with E-state index in [9.17, 15) is 14.3 Å². The van der Waals surface area contributed by atoms with Crippen molar-refractivity contribution in [1.82, 2.24) is 19.4 Å². The lowest BCUT2D eigenvalue weighted by atomic mass is 10.1. The molecule has 0 bridgehead atoms. The maximum atomic E-state index is 14.1. The Morgan fingerprint density at radius 1 is 1.12 bits per heavy atom. The third-order valence-electron chi connectivity index (χ3n) is 8.37. The van der Waals surface area contributed by atoms with Crippen LogP contribution in [0.1, 0.15) is 39.8 Å². The number of aromatic nitrogens is 3. The second kappa shape index (κ2) is 10.1. The van der Waals surface area contributed by atoms with Crippen LogP contribution in [0.2, 0.25) is 5.02 Å². The first-order valence-electron chi connectivity index (χ1n) is 13.5. The van der Waals surface area contributed by atoms with Crippen LogP contribution < -0.4 is 4.74 Å². The number of carboxylic acids is 1. The van der Waals surface area contributed by atoms with Crippen LogP contribution in [0.3, 0.4) is 0 Å². The van der Waals surface area contributed by atoms with E-state index in [0.717, 1.165) is 48.7 Å². The number of pyridine rings is 1. The molecule has 4 heterocycles. The molecule has 2 saturated heterocycles. The van der Waals surface area contributed by atoms with Gasteiger partial charge in [-0.2, -0.15) is 0 Å². The molecule has 10 heteroatoms. The first-order chi connectivity index (χ1) is 19.4. The summed E-state index contributed by atoms with van der Waals surface area (Å²) in [6.45, 7) is 4.12. The number of carbonyl (C=O) groups is 1. The van der Waals surface area contributed by atoms with E-state index in [1.54, 1.807) is 36.4 Å². The third kappa shape index (κ3) is 4.82. The van der Waals surface area contributed by atoms with E-state index in [-0.39, 0.29) is 18.3 Å². The Hall–Kier alpha value is -3.53. The molecule has 4 aromatic rings. The van der Waals surface area contributed by atoms with Crippen molar-refractivity contribution in [3.8, 4) is 5.88 Å². The summed E-state index contributed by atoms with van der Waals surface area (Å²) in [6, 6.07) is 15.5. The molecule has 0 amide bonds. The SMILES string of the molecule is O=C(O)c1ccc2nc(CN3C[C@@H]4[C@H](C3)[C@H]4c3cccc(OCc4ccc(Cl)cc4F)n3)n(C[C@@H]3CCO3)c2c1. The van der Waals surface area contributed by atoms with Crippen molar-refractivity contribution in [3.63, 3.8) is 0 Å². The number of benzene rings is 2. The molecule has 0 spiro atoms. The number of fused-ring (bicyclic) bond motifs is 2. The van der Waals surface area contributed by atoms with Crippen LogP contribution in [0.25, 0.3) is 11.0 Å². The van der Waals surface area contributed by atoms with Crippen molar-refractivity contribution < 1.29 is 23.8 Å². The summed E-state index contributed by atoms with van der Waals surface area (Å²) in [4.78, 5) is 23.6. The van der Waals surface area contributed by atoms with Crippen LogP contribution in [-0.2, 0) is 24.4 Å². The predicted molar refractivity (Wildman–Crippen MR) is 146 cm³/mol. The number of halogens is 2. The van der Waals surface area contributed by atoms with Crippen LogP contribution >= 0.6 is 11.6 Å². The molecule has 0 radical (unpaired) electrons. The van der Waals surface area contributed by atoms with Gasteiger partial charge in [-0.3, -0.25) is 4.90 Å². The molecule has 2 aromatic heterocycles. The lowest BCUT2D eigenvalue weighted by Gasteiger charge is -2.28. The van der Waals surface area contributed by atoms with Crippen molar-refractivity contribution in [1.29, 1.82) is 0 Å². The van der Waals surface area contributed by atoms with Crippen LogP contribution in [-0.4, -0.2) is 56.3 Å². The monoisotopic (exact) mass is 562 g/mol. The summed E-state index contributed by atoms with van der Waals surface area (Å²) in [5.41, 5.74) is 3.36. The van der Waals surface area contributed by atoms with E-state index >= 15 is 0 Å². The fourth-order valence-electron chi connectivity index (χ4n) is 6.13. The Kier molecular flexibility index (Phi) is 6.45. The number of carboxylic acid groups (broad SMARTS) is 1. The van der Waals surface area contributed by atoms with E-state index in [4.69, 9.17) is 31.0 Å². The van der Waals surface area contributed by atoms with E-state index in [2.05, 4.69) is 9.47 Å². The van der Waals surface area contributed by atoms with E-state index in [1.165, 1.54) is 6.07 Å². The number of piperidine rings is 1. The van der Waals surface area contributed by atoms with Gasteiger partial charge in [-0.25, -0.2) is 19.2 Å². The minimum Gasteiger partial charge on any atom is -0.478 e. The lowest BCUT2D eigenvalue weighted by molar-refractivity contribution is -0.0591. The average molecular weight is 563 g/mol. The Labute approximate surface area is 235 Å². The van der Waals surface area contributed by atoms with Crippen LogP contribution in [0.15, 0.2) is 54.6 Å². The number of likely N-dealkylation sites (tertiary alicyclic amines) is 1. The zero-order valence-corrected chi connectivity index (χ0v) is 22.4. The standard InChI is InChI=1S/C30H28ClFN4O4/c31-19-6-4-18(23(32)11-19)16-40-28-3-1-2-25(34-28)29-21-13-35(14-22(21)29)15-27-33-24-7-5-17(30(37)38)10-26(24)36(27)12-20-8-9-39-20/h1-7,10-11,20-22,29H,8-9,12-16H2,(H,37,38)/t20-,21-,22+,29+/m0/s1. The van der Waals surface area contributed by atoms with Crippen LogP contribution in [0.5, 0.6) is 5.88 Å². The highest BCUT2D eigenvalue weighted by Crippen LogP contribution is 2.58. The fourth-order valence-corrected chi connectivity index (χ4v) is 6.29. The Balaban J connectivity index is 1.02. The van der Waals surface area contributed by atoms with Gasteiger partial charge >= 0.3 is 5.97 Å². The summed E-state index contributed by atoms with van der Waals surface area (Å²) in [7, 11) is 0. The van der Waals surface area contributed by atoms with Gasteiger partial charge in [0.25, 0.3) is 0 Å². The second-order valence-corrected chi connectivity index (χ2v) is 11.3. The van der Waals surface area contributed by atoms with Gasteiger partial charge in [0.2, 0.25) is 5.88 Å². The number of ether oxygens (including phenoxy) is 2. The molecule has 1 saturated carbocycles. The number of rotatable bonds is 9. The van der Waals surface area contributed by atoms with Gasteiger partial charge in [0, 0.05) is 48.0 Å². The third-order valence-corrected chi connectivity index (χ3v) is 8.60. The van der Waals surface area contributed by atoms with Gasteiger partial charge in [0.15, 0.2) is 0 Å². The minimum absolute atomic E-state index is 0.0889. The molecule has 0 unspecified atom stereocenters. The van der Waals surface area contributed by atoms with E-state index in [0.29, 0.717) is 47.3 Å². The van der Waals surface area contributed by atoms with Crippen molar-refractivity contribution in [3.05, 3.63) is 88.1 Å². The number of imidazole rings is 1. The van der Waals surface area contributed by atoms with Gasteiger partial charge in [-0.1, -0.05) is 23.7 Å². The lowest BCUT2D eigenvalue weighted by Crippen LogP contribution is -2.33. The Morgan fingerprint density at radius 2 is 1.95 bits per heavy atom. The number of nitrogens with zero attached hydrogens (tertiary/aromatic N) is 4. The second-order valence-electron chi connectivity index (χ2n) is 10.9. The molecule has 2 aromatic carbocycles. The molecule has 1 aliphatic carbocycles. The summed E-state index contributed by atoms with van der Waals surface area (Å²) < 4.78 is 27.7. The molecule has 206 valence electrons. The van der Waals surface area contributed by atoms with Crippen molar-refractivity contribution in [2.45, 2.75) is 38.1 Å². The molecular weight excluding hydrogens is 535 g/mol. The number of hydrogen-bond acceptors (Lipinski definition) is 6. The van der Waals surface area contributed by atoms with Crippen LogP contribution in [0, 0.1) is 17.7 Å². The average Bonchev–Trinajstić information content (AvgIpc) is 3.23. The minimum atomic E-state index is -0.943. The van der Waals surface area contributed by atoms with Gasteiger partial charge in [0.05, 0.1) is 35.8 Å². The van der Waals surface area contributed by atoms with Gasteiger partial charge in [-0.05, 0) is 54.7 Å². The molecule has 7 rings (SSSR count). The predicted octanol–water partition coefficient (Wildman–Crippen LogP) is 5.14. The summed E-state index contributed by atoms with van der Waals surface area (Å²) in [6.07, 6.45) is 1.13. The number of aromatic carboxylic acids is 1. The fraction of sp³-hybridized carbons (Fsp3) is 0.367. The normalized spacial score (nSPS) is 23.6. The quantitative estimate of drug-likeness (QED) is 0.302. The molecule has 3 aliphatic rings. The maximum Gasteiger partial charge on any atom is 0.335 e. The van der Waals surface area contributed by atoms with E-state index in [1.807, 2.05) is 12.1 Å². The number of hydrogen-bond donors (Lipinski definition) is 1. The largest absolute Gasteiger partial charge is 0.478 e. The van der Waals surface area contributed by atoms with Crippen molar-refractivity contribution in [2.75, 3.05) is 19.7 Å². The summed E-state index contributed by atoms with van der Waals surface area (Å²) in [5.74, 6) is 1.51. The highest BCUT2D eigenvalue weighted by Gasteiger charge is 2.57. The van der Waals surface area contributed by atoms with Crippen LogP contribution in [0.4, 0.5) is 4.39 Å². The summed E-state index contributed by atoms with van der Waals surface area (Å²) in [5, 5.41) is 9.84. The Bertz CT molecular complexity index is 1590. The first kappa shape index (κ1) is 25.4. The van der Waals surface area contributed by atoms with Gasteiger partial charge < -0.3 is 19.1 Å². The zero-order valence-electron chi connectivity index (χ0n) is 21.7.